The van der Waals surface area contributed by atoms with E-state index in [1.807, 2.05) is 18.2 Å². The third-order valence-corrected chi connectivity index (χ3v) is 3.88. The van der Waals surface area contributed by atoms with Crippen molar-refractivity contribution in [1.29, 1.82) is 0 Å². The van der Waals surface area contributed by atoms with Gasteiger partial charge in [0.15, 0.2) is 5.96 Å². The molecule has 1 aromatic carbocycles. The van der Waals surface area contributed by atoms with Gasteiger partial charge in [-0.05, 0) is 17.7 Å². The van der Waals surface area contributed by atoms with Crippen molar-refractivity contribution in [3.63, 3.8) is 0 Å². The molecule has 1 aliphatic rings. The van der Waals surface area contributed by atoms with Gasteiger partial charge in [0.1, 0.15) is 0 Å². The van der Waals surface area contributed by atoms with Crippen molar-refractivity contribution >= 4 is 33.5 Å². The van der Waals surface area contributed by atoms with Crippen LogP contribution in [0, 0.1) is 0 Å². The van der Waals surface area contributed by atoms with Crippen molar-refractivity contribution in [3.8, 4) is 0 Å². The fourth-order valence-corrected chi connectivity index (χ4v) is 2.97. The number of ether oxygens (including phenoxy) is 1. The lowest BCUT2D eigenvalue weighted by atomic mass is 10.1. The molecule has 4 nitrogen and oxygen atoms in total. The summed E-state index contributed by atoms with van der Waals surface area (Å²) in [7, 11) is 1.68. The summed E-state index contributed by atoms with van der Waals surface area (Å²) in [6, 6.07) is 5.92. The molecule has 0 fully saturated rings. The highest BCUT2D eigenvalue weighted by Crippen LogP contribution is 2.32. The Hall–Kier alpha value is -0.780. The minimum Gasteiger partial charge on any atom is -0.383 e. The van der Waals surface area contributed by atoms with Gasteiger partial charge in [0.2, 0.25) is 0 Å². The Morgan fingerprint density at radius 1 is 1.61 bits per heavy atom. The molecule has 1 atom stereocenters. The molecule has 2 N–H and O–H groups in total. The number of methoxy groups -OCH3 is 1. The number of aliphatic imine (C=N–C) groups is 1. The zero-order valence-corrected chi connectivity index (χ0v) is 12.4. The summed E-state index contributed by atoms with van der Waals surface area (Å²) >= 11 is 9.49. The van der Waals surface area contributed by atoms with Crippen LogP contribution in [-0.2, 0) is 4.74 Å². The maximum absolute atomic E-state index is 5.96. The van der Waals surface area contributed by atoms with Crippen molar-refractivity contribution in [3.05, 3.63) is 33.3 Å². The SMILES string of the molecule is COCCN1C(N)=NCC1c1ccc(Cl)cc1Br. The quantitative estimate of drug-likeness (QED) is 0.921. The molecule has 1 aliphatic heterocycles. The van der Waals surface area contributed by atoms with Gasteiger partial charge in [-0.1, -0.05) is 33.6 Å². The highest BCUT2D eigenvalue weighted by atomic mass is 79.9. The van der Waals surface area contributed by atoms with E-state index >= 15 is 0 Å². The standard InChI is InChI=1S/C12H15BrClN3O/c1-18-5-4-17-11(7-16-12(17)15)9-3-2-8(14)6-10(9)13/h2-3,6,11H,4-5,7H2,1H3,(H2,15,16). The molecule has 18 heavy (non-hydrogen) atoms. The fourth-order valence-electron chi connectivity index (χ4n) is 2.03. The molecule has 6 heteroatoms. The largest absolute Gasteiger partial charge is 0.383 e. The van der Waals surface area contributed by atoms with Gasteiger partial charge in [0.05, 0.1) is 19.2 Å². The number of halogens is 2. The zero-order valence-electron chi connectivity index (χ0n) is 10.1. The molecule has 0 radical (unpaired) electrons. The number of nitrogens with zero attached hydrogens (tertiary/aromatic N) is 2. The second-order valence-corrected chi connectivity index (χ2v) is 5.36. The van der Waals surface area contributed by atoms with E-state index in [2.05, 4.69) is 25.8 Å². The maximum Gasteiger partial charge on any atom is 0.192 e. The molecule has 1 heterocycles. The molecule has 0 saturated heterocycles. The number of rotatable bonds is 4. The van der Waals surface area contributed by atoms with E-state index in [9.17, 15) is 0 Å². The number of hydrogen-bond donors (Lipinski definition) is 1. The molecule has 0 bridgehead atoms. The van der Waals surface area contributed by atoms with Gasteiger partial charge in [-0.2, -0.15) is 0 Å². The van der Waals surface area contributed by atoms with Crippen LogP contribution in [0.25, 0.3) is 0 Å². The Balaban J connectivity index is 2.21. The molecule has 0 aliphatic carbocycles. The average molecular weight is 333 g/mol. The molecule has 0 aromatic heterocycles. The topological polar surface area (TPSA) is 50.9 Å². The molecule has 1 unspecified atom stereocenters. The van der Waals surface area contributed by atoms with Crippen LogP contribution in [0.3, 0.4) is 0 Å². The van der Waals surface area contributed by atoms with Crippen molar-refractivity contribution < 1.29 is 4.74 Å². The zero-order chi connectivity index (χ0) is 13.1. The molecule has 0 amide bonds. The van der Waals surface area contributed by atoms with E-state index in [0.29, 0.717) is 24.1 Å². The van der Waals surface area contributed by atoms with Crippen LogP contribution in [0.15, 0.2) is 27.7 Å². The monoisotopic (exact) mass is 331 g/mol. The van der Waals surface area contributed by atoms with Crippen LogP contribution < -0.4 is 5.73 Å². The Bertz CT molecular complexity index is 467. The summed E-state index contributed by atoms with van der Waals surface area (Å²) in [5, 5.41) is 0.709. The highest BCUT2D eigenvalue weighted by Gasteiger charge is 2.28. The molecular formula is C12H15BrClN3O. The molecular weight excluding hydrogens is 318 g/mol. The molecule has 98 valence electrons. The fraction of sp³-hybridized carbons (Fsp3) is 0.417. The van der Waals surface area contributed by atoms with Crippen LogP contribution in [0.2, 0.25) is 5.02 Å². The Labute approximate surface area is 120 Å². The van der Waals surface area contributed by atoms with Crippen LogP contribution in [0.1, 0.15) is 11.6 Å². The molecule has 0 spiro atoms. The van der Waals surface area contributed by atoms with Crippen molar-refractivity contribution in [1.82, 2.24) is 4.90 Å². The van der Waals surface area contributed by atoms with E-state index < -0.39 is 0 Å². The van der Waals surface area contributed by atoms with E-state index in [0.717, 1.165) is 16.6 Å². The van der Waals surface area contributed by atoms with E-state index in [-0.39, 0.29) is 6.04 Å². The smallest absolute Gasteiger partial charge is 0.192 e. The number of hydrogen-bond acceptors (Lipinski definition) is 4. The van der Waals surface area contributed by atoms with Gasteiger partial charge in [-0.3, -0.25) is 4.99 Å². The predicted molar refractivity (Wildman–Crippen MR) is 77.0 cm³/mol. The lowest BCUT2D eigenvalue weighted by Crippen LogP contribution is -2.38. The summed E-state index contributed by atoms with van der Waals surface area (Å²) in [5.41, 5.74) is 7.05. The number of nitrogens with two attached hydrogens (primary N) is 1. The van der Waals surface area contributed by atoms with E-state index in [1.54, 1.807) is 7.11 Å². The van der Waals surface area contributed by atoms with Gasteiger partial charge >= 0.3 is 0 Å². The first kappa shape index (κ1) is 13.6. The summed E-state index contributed by atoms with van der Waals surface area (Å²) in [6.45, 7) is 2.01. The minimum absolute atomic E-state index is 0.145. The van der Waals surface area contributed by atoms with Crippen LogP contribution in [-0.4, -0.2) is 37.7 Å². The summed E-state index contributed by atoms with van der Waals surface area (Å²) in [4.78, 5) is 6.36. The second kappa shape index (κ2) is 5.91. The maximum atomic E-state index is 5.96. The van der Waals surface area contributed by atoms with Crippen molar-refractivity contribution in [2.75, 3.05) is 26.8 Å². The Kier molecular flexibility index (Phi) is 4.48. The molecule has 0 saturated carbocycles. The Morgan fingerprint density at radius 3 is 3.06 bits per heavy atom. The highest BCUT2D eigenvalue weighted by molar-refractivity contribution is 9.10. The van der Waals surface area contributed by atoms with Crippen molar-refractivity contribution in [2.45, 2.75) is 6.04 Å². The number of benzene rings is 1. The summed E-state index contributed by atoms with van der Waals surface area (Å²) in [6.07, 6.45) is 0. The van der Waals surface area contributed by atoms with E-state index in [1.165, 1.54) is 0 Å². The van der Waals surface area contributed by atoms with Gasteiger partial charge in [0, 0.05) is 23.1 Å². The molecule has 1 aromatic rings. The Morgan fingerprint density at radius 2 is 2.39 bits per heavy atom. The minimum atomic E-state index is 0.145. The van der Waals surface area contributed by atoms with E-state index in [4.69, 9.17) is 22.1 Å². The summed E-state index contributed by atoms with van der Waals surface area (Å²) < 4.78 is 6.08. The number of guanidine groups is 1. The first-order chi connectivity index (χ1) is 8.63. The first-order valence-electron chi connectivity index (χ1n) is 5.64. The second-order valence-electron chi connectivity index (χ2n) is 4.07. The third kappa shape index (κ3) is 2.79. The normalized spacial score (nSPS) is 19.2. The lowest BCUT2D eigenvalue weighted by Gasteiger charge is -2.27. The lowest BCUT2D eigenvalue weighted by molar-refractivity contribution is 0.166. The summed E-state index contributed by atoms with van der Waals surface area (Å²) in [5.74, 6) is 0.568. The van der Waals surface area contributed by atoms with Crippen LogP contribution in [0.4, 0.5) is 0 Å². The third-order valence-electron chi connectivity index (χ3n) is 2.95. The van der Waals surface area contributed by atoms with Crippen LogP contribution in [0.5, 0.6) is 0 Å². The molecule has 2 rings (SSSR count). The predicted octanol–water partition coefficient (Wildman–Crippen LogP) is 2.42. The van der Waals surface area contributed by atoms with Gasteiger partial charge in [0.25, 0.3) is 0 Å². The average Bonchev–Trinajstić information content (AvgIpc) is 2.68. The van der Waals surface area contributed by atoms with Crippen LogP contribution >= 0.6 is 27.5 Å². The van der Waals surface area contributed by atoms with Gasteiger partial charge in [-0.25, -0.2) is 0 Å². The first-order valence-corrected chi connectivity index (χ1v) is 6.81. The van der Waals surface area contributed by atoms with Gasteiger partial charge < -0.3 is 15.4 Å². The van der Waals surface area contributed by atoms with Crippen molar-refractivity contribution in [2.24, 2.45) is 10.7 Å². The van der Waals surface area contributed by atoms with Gasteiger partial charge in [-0.15, -0.1) is 0 Å².